The van der Waals surface area contributed by atoms with Crippen molar-refractivity contribution in [2.45, 2.75) is 0 Å². The maximum atomic E-state index is 11.2. The summed E-state index contributed by atoms with van der Waals surface area (Å²) in [6.45, 7) is 0. The summed E-state index contributed by atoms with van der Waals surface area (Å²) >= 11 is 0. The molecule has 4 heteroatoms. The molecule has 102 valence electrons. The van der Waals surface area contributed by atoms with Crippen LogP contribution in [0.1, 0.15) is 10.4 Å². The van der Waals surface area contributed by atoms with Gasteiger partial charge in [0, 0.05) is 5.56 Å². The van der Waals surface area contributed by atoms with Gasteiger partial charge in [0.15, 0.2) is 17.8 Å². The van der Waals surface area contributed by atoms with Crippen molar-refractivity contribution in [2.75, 3.05) is 14.2 Å². The van der Waals surface area contributed by atoms with Gasteiger partial charge in [0.2, 0.25) is 5.78 Å². The Balaban J connectivity index is 2.36. The Morgan fingerprint density at radius 3 is 2.05 bits per heavy atom. The molecule has 0 atom stereocenters. The summed E-state index contributed by atoms with van der Waals surface area (Å²) in [4.78, 5) is 21.7. The van der Waals surface area contributed by atoms with E-state index in [1.54, 1.807) is 38.5 Å². The zero-order valence-electron chi connectivity index (χ0n) is 11.3. The van der Waals surface area contributed by atoms with E-state index in [2.05, 4.69) is 0 Å². The number of ether oxygens (including phenoxy) is 2. The summed E-state index contributed by atoms with van der Waals surface area (Å²) in [5.41, 5.74) is 2.24. The monoisotopic (exact) mass is 270 g/mol. The van der Waals surface area contributed by atoms with E-state index >= 15 is 0 Å². The predicted molar refractivity (Wildman–Crippen MR) is 75.4 cm³/mol. The van der Waals surface area contributed by atoms with Crippen LogP contribution in [0, 0.1) is 0 Å². The van der Waals surface area contributed by atoms with Gasteiger partial charge in [-0.05, 0) is 23.3 Å². The van der Waals surface area contributed by atoms with Gasteiger partial charge in [-0.15, -0.1) is 0 Å². The van der Waals surface area contributed by atoms with Gasteiger partial charge in [-0.1, -0.05) is 30.3 Å². The molecular formula is C16H14O4. The van der Waals surface area contributed by atoms with Crippen molar-refractivity contribution in [3.05, 3.63) is 48.0 Å². The van der Waals surface area contributed by atoms with E-state index in [4.69, 9.17) is 9.47 Å². The highest BCUT2D eigenvalue weighted by Gasteiger charge is 2.07. The van der Waals surface area contributed by atoms with Crippen LogP contribution in [0.15, 0.2) is 42.5 Å². The van der Waals surface area contributed by atoms with Crippen LogP contribution in [0.25, 0.3) is 11.1 Å². The van der Waals surface area contributed by atoms with Crippen molar-refractivity contribution in [1.82, 2.24) is 0 Å². The van der Waals surface area contributed by atoms with E-state index in [1.165, 1.54) is 0 Å². The lowest BCUT2D eigenvalue weighted by Crippen LogP contribution is -1.98. The Labute approximate surface area is 116 Å². The Morgan fingerprint density at radius 2 is 1.50 bits per heavy atom. The van der Waals surface area contributed by atoms with Crippen LogP contribution >= 0.6 is 0 Å². The molecule has 0 N–H and O–H groups in total. The second kappa shape index (κ2) is 6.02. The second-order valence-corrected chi connectivity index (χ2v) is 4.13. The lowest BCUT2D eigenvalue weighted by molar-refractivity contribution is -0.104. The molecule has 2 aromatic rings. The van der Waals surface area contributed by atoms with Crippen molar-refractivity contribution in [3.63, 3.8) is 0 Å². The fourth-order valence-electron chi connectivity index (χ4n) is 1.91. The summed E-state index contributed by atoms with van der Waals surface area (Å²) in [6.07, 6.45) is 0.311. The summed E-state index contributed by atoms with van der Waals surface area (Å²) in [7, 11) is 3.16. The van der Waals surface area contributed by atoms with Crippen LogP contribution in [-0.4, -0.2) is 26.3 Å². The topological polar surface area (TPSA) is 52.6 Å². The summed E-state index contributed by atoms with van der Waals surface area (Å²) < 4.78 is 10.4. The number of hydrogen-bond acceptors (Lipinski definition) is 4. The van der Waals surface area contributed by atoms with Gasteiger partial charge in [-0.2, -0.15) is 0 Å². The molecule has 0 heterocycles. The normalized spacial score (nSPS) is 9.90. The molecule has 0 radical (unpaired) electrons. The molecular weight excluding hydrogens is 256 g/mol. The van der Waals surface area contributed by atoms with Gasteiger partial charge < -0.3 is 9.47 Å². The smallest absolute Gasteiger partial charge is 0.225 e. The number of Topliss-reactive ketones (excluding diaryl/α,β-unsaturated/α-hetero) is 1. The predicted octanol–water partition coefficient (Wildman–Crippen LogP) is 2.75. The third-order valence-corrected chi connectivity index (χ3v) is 2.99. The highest BCUT2D eigenvalue weighted by Crippen LogP contribution is 2.32. The molecule has 0 saturated carbocycles. The fourth-order valence-corrected chi connectivity index (χ4v) is 1.91. The number of methoxy groups -OCH3 is 2. The number of aldehydes is 1. The van der Waals surface area contributed by atoms with Crippen LogP contribution in [0.2, 0.25) is 0 Å². The van der Waals surface area contributed by atoms with E-state index in [9.17, 15) is 9.59 Å². The van der Waals surface area contributed by atoms with E-state index in [0.717, 1.165) is 11.1 Å². The minimum absolute atomic E-state index is 0.311. The van der Waals surface area contributed by atoms with E-state index in [0.29, 0.717) is 23.3 Å². The van der Waals surface area contributed by atoms with Crippen LogP contribution in [-0.2, 0) is 4.79 Å². The highest BCUT2D eigenvalue weighted by atomic mass is 16.5. The maximum absolute atomic E-state index is 11.2. The third-order valence-electron chi connectivity index (χ3n) is 2.99. The van der Waals surface area contributed by atoms with E-state index in [1.807, 2.05) is 18.2 Å². The summed E-state index contributed by atoms with van der Waals surface area (Å²) in [5.74, 6) is 0.769. The number of benzene rings is 2. The average Bonchev–Trinajstić information content (AvgIpc) is 2.53. The minimum Gasteiger partial charge on any atom is -0.493 e. The van der Waals surface area contributed by atoms with Gasteiger partial charge in [0.1, 0.15) is 0 Å². The quantitative estimate of drug-likeness (QED) is 0.476. The first-order valence-electron chi connectivity index (χ1n) is 6.01. The van der Waals surface area contributed by atoms with E-state index in [-0.39, 0.29) is 0 Å². The SMILES string of the molecule is COc1ccc(-c2ccc(C(=O)C=O)cc2)cc1OC. The zero-order chi connectivity index (χ0) is 14.5. The van der Waals surface area contributed by atoms with Crippen LogP contribution in [0.3, 0.4) is 0 Å². The lowest BCUT2D eigenvalue weighted by atomic mass is 10.0. The number of carbonyl (C=O) groups excluding carboxylic acids is 2. The van der Waals surface area contributed by atoms with Crippen molar-refractivity contribution >= 4 is 12.1 Å². The van der Waals surface area contributed by atoms with Crippen LogP contribution in [0.5, 0.6) is 11.5 Å². The van der Waals surface area contributed by atoms with Crippen LogP contribution in [0.4, 0.5) is 0 Å². The van der Waals surface area contributed by atoms with Gasteiger partial charge in [-0.25, -0.2) is 0 Å². The third kappa shape index (κ3) is 2.69. The Bertz CT molecular complexity index is 629. The molecule has 0 fully saturated rings. The molecule has 0 aliphatic carbocycles. The molecule has 2 aromatic carbocycles. The number of carbonyl (C=O) groups is 2. The minimum atomic E-state index is -0.524. The first kappa shape index (κ1) is 13.8. The molecule has 0 aromatic heterocycles. The van der Waals surface area contributed by atoms with Crippen molar-refractivity contribution in [3.8, 4) is 22.6 Å². The molecule has 0 saturated heterocycles. The molecule has 0 amide bonds. The van der Waals surface area contributed by atoms with E-state index < -0.39 is 5.78 Å². The highest BCUT2D eigenvalue weighted by molar-refractivity contribution is 6.33. The first-order chi connectivity index (χ1) is 9.69. The molecule has 20 heavy (non-hydrogen) atoms. The lowest BCUT2D eigenvalue weighted by Gasteiger charge is -2.09. The first-order valence-corrected chi connectivity index (χ1v) is 6.01. The molecule has 4 nitrogen and oxygen atoms in total. The van der Waals surface area contributed by atoms with Gasteiger partial charge in [-0.3, -0.25) is 9.59 Å². The van der Waals surface area contributed by atoms with Gasteiger partial charge in [0.05, 0.1) is 14.2 Å². The van der Waals surface area contributed by atoms with Crippen molar-refractivity contribution in [1.29, 1.82) is 0 Å². The van der Waals surface area contributed by atoms with Gasteiger partial charge >= 0.3 is 0 Å². The second-order valence-electron chi connectivity index (χ2n) is 4.13. The van der Waals surface area contributed by atoms with Crippen molar-refractivity contribution < 1.29 is 19.1 Å². The molecule has 2 rings (SSSR count). The summed E-state index contributed by atoms with van der Waals surface area (Å²) in [6, 6.07) is 12.4. The average molecular weight is 270 g/mol. The summed E-state index contributed by atoms with van der Waals surface area (Å²) in [5, 5.41) is 0. The van der Waals surface area contributed by atoms with Crippen molar-refractivity contribution in [2.24, 2.45) is 0 Å². The Morgan fingerprint density at radius 1 is 0.900 bits per heavy atom. The number of rotatable bonds is 5. The van der Waals surface area contributed by atoms with Gasteiger partial charge in [0.25, 0.3) is 0 Å². The molecule has 0 spiro atoms. The Kier molecular flexibility index (Phi) is 4.15. The molecule has 0 bridgehead atoms. The molecule has 0 aliphatic heterocycles. The standard InChI is InChI=1S/C16H14O4/c1-19-15-8-7-13(9-16(15)20-2)11-3-5-12(6-4-11)14(18)10-17/h3-10H,1-2H3. The number of ketones is 1. The van der Waals surface area contributed by atoms with Crippen LogP contribution < -0.4 is 9.47 Å². The number of hydrogen-bond donors (Lipinski definition) is 0. The molecule has 0 unspecified atom stereocenters. The zero-order valence-corrected chi connectivity index (χ0v) is 11.3. The Hall–Kier alpha value is -2.62. The maximum Gasteiger partial charge on any atom is 0.225 e. The largest absolute Gasteiger partial charge is 0.493 e. The fraction of sp³-hybridized carbons (Fsp3) is 0.125. The molecule has 0 aliphatic rings.